The molecule has 1 atom stereocenters. The van der Waals surface area contributed by atoms with Gasteiger partial charge in [0.05, 0.1) is 12.5 Å². The van der Waals surface area contributed by atoms with Gasteiger partial charge in [-0.25, -0.2) is 0 Å². The van der Waals surface area contributed by atoms with Crippen molar-refractivity contribution in [1.29, 1.82) is 0 Å². The molecule has 6 heteroatoms. The Hall–Kier alpha value is -1.95. The van der Waals surface area contributed by atoms with Gasteiger partial charge in [0.15, 0.2) is 0 Å². The van der Waals surface area contributed by atoms with Crippen molar-refractivity contribution in [2.75, 3.05) is 26.8 Å². The fraction of sp³-hybridized carbons (Fsp3) is 0.650. The minimum atomic E-state index is -0.233. The van der Waals surface area contributed by atoms with Crippen LogP contribution in [0.25, 0.3) is 0 Å². The maximum atomic E-state index is 13.3. The van der Waals surface area contributed by atoms with Crippen LogP contribution < -0.4 is 0 Å². The molecule has 0 unspecified atom stereocenters. The van der Waals surface area contributed by atoms with Crippen LogP contribution in [0.3, 0.4) is 0 Å². The van der Waals surface area contributed by atoms with Gasteiger partial charge in [-0.2, -0.15) is 0 Å². The van der Waals surface area contributed by atoms with E-state index in [1.807, 2.05) is 17.0 Å². The molecule has 0 radical (unpaired) electrons. The van der Waals surface area contributed by atoms with Gasteiger partial charge in [-0.3, -0.25) is 14.6 Å². The van der Waals surface area contributed by atoms with Crippen molar-refractivity contribution < 1.29 is 14.3 Å². The summed E-state index contributed by atoms with van der Waals surface area (Å²) in [4.78, 5) is 33.4. The Bertz CT molecular complexity index is 602. The van der Waals surface area contributed by atoms with Crippen LogP contribution in [0, 0.1) is 5.92 Å². The van der Waals surface area contributed by atoms with Crippen molar-refractivity contribution in [3.63, 3.8) is 0 Å². The van der Waals surface area contributed by atoms with Crippen molar-refractivity contribution in [2.24, 2.45) is 5.92 Å². The summed E-state index contributed by atoms with van der Waals surface area (Å²) in [5.74, 6) is -0.0435. The largest absolute Gasteiger partial charge is 0.383 e. The van der Waals surface area contributed by atoms with Crippen molar-refractivity contribution in [1.82, 2.24) is 14.8 Å². The number of methoxy groups -OCH3 is 1. The Morgan fingerprint density at radius 2 is 2.00 bits per heavy atom. The van der Waals surface area contributed by atoms with E-state index in [9.17, 15) is 9.59 Å². The highest BCUT2D eigenvalue weighted by atomic mass is 16.5. The van der Waals surface area contributed by atoms with E-state index in [1.54, 1.807) is 24.4 Å². The number of amides is 2. The second kappa shape index (κ2) is 9.12. The van der Waals surface area contributed by atoms with Crippen LogP contribution in [0.1, 0.15) is 44.1 Å². The molecule has 0 aromatic carbocycles. The molecule has 142 valence electrons. The van der Waals surface area contributed by atoms with Gasteiger partial charge >= 0.3 is 0 Å². The van der Waals surface area contributed by atoms with Gasteiger partial charge in [0.2, 0.25) is 11.8 Å². The molecule has 1 saturated heterocycles. The highest BCUT2D eigenvalue weighted by molar-refractivity contribution is 5.89. The molecule has 2 aliphatic rings. The van der Waals surface area contributed by atoms with E-state index >= 15 is 0 Å². The Morgan fingerprint density at radius 3 is 2.69 bits per heavy atom. The number of carbonyl (C=O) groups is 2. The quantitative estimate of drug-likeness (QED) is 0.749. The van der Waals surface area contributed by atoms with Gasteiger partial charge in [-0.1, -0.05) is 19.3 Å². The van der Waals surface area contributed by atoms with E-state index in [1.165, 1.54) is 19.3 Å². The number of pyridine rings is 1. The maximum Gasteiger partial charge on any atom is 0.228 e. The maximum absolute atomic E-state index is 13.3. The molecule has 1 aliphatic heterocycles. The molecule has 1 aromatic rings. The monoisotopic (exact) mass is 359 g/mol. The molecule has 2 heterocycles. The van der Waals surface area contributed by atoms with Crippen molar-refractivity contribution in [3.8, 4) is 0 Å². The second-order valence-corrected chi connectivity index (χ2v) is 7.35. The summed E-state index contributed by atoms with van der Waals surface area (Å²) < 4.78 is 5.07. The van der Waals surface area contributed by atoms with Gasteiger partial charge in [0.25, 0.3) is 0 Å². The van der Waals surface area contributed by atoms with E-state index in [0.29, 0.717) is 32.7 Å². The standard InChI is InChI=1S/C20H29N3O3/c1-26-12-11-22-15-17(13-19(22)24)20(25)23(18-5-3-2-4-6-18)14-16-7-9-21-10-8-16/h7-10,17-18H,2-6,11-15H2,1H3/t17-/m0/s1. The normalized spacial score (nSPS) is 21.2. The minimum absolute atomic E-state index is 0.0629. The lowest BCUT2D eigenvalue weighted by Crippen LogP contribution is -2.44. The molecular formula is C20H29N3O3. The second-order valence-electron chi connectivity index (χ2n) is 7.35. The van der Waals surface area contributed by atoms with E-state index in [2.05, 4.69) is 4.98 Å². The van der Waals surface area contributed by atoms with Gasteiger partial charge in [-0.05, 0) is 30.5 Å². The summed E-state index contributed by atoms with van der Waals surface area (Å²) in [5.41, 5.74) is 1.10. The first-order valence-corrected chi connectivity index (χ1v) is 9.65. The van der Waals surface area contributed by atoms with Crippen LogP contribution >= 0.6 is 0 Å². The van der Waals surface area contributed by atoms with E-state index < -0.39 is 0 Å². The molecule has 0 bridgehead atoms. The lowest BCUT2D eigenvalue weighted by atomic mass is 9.92. The zero-order chi connectivity index (χ0) is 18.4. The summed E-state index contributed by atoms with van der Waals surface area (Å²) >= 11 is 0. The molecule has 26 heavy (non-hydrogen) atoms. The number of carbonyl (C=O) groups excluding carboxylic acids is 2. The molecule has 1 aliphatic carbocycles. The van der Waals surface area contributed by atoms with E-state index in [-0.39, 0.29) is 23.8 Å². The summed E-state index contributed by atoms with van der Waals surface area (Å²) in [6.07, 6.45) is 9.58. The van der Waals surface area contributed by atoms with E-state index in [4.69, 9.17) is 4.74 Å². The third-order valence-electron chi connectivity index (χ3n) is 5.53. The third-order valence-corrected chi connectivity index (χ3v) is 5.53. The Balaban J connectivity index is 1.71. The molecule has 6 nitrogen and oxygen atoms in total. The summed E-state index contributed by atoms with van der Waals surface area (Å²) in [7, 11) is 1.63. The SMILES string of the molecule is COCCN1C[C@@H](C(=O)N(Cc2ccncc2)C2CCCCC2)CC1=O. The smallest absolute Gasteiger partial charge is 0.228 e. The average molecular weight is 359 g/mol. The molecule has 2 fully saturated rings. The first kappa shape index (κ1) is 18.8. The fourth-order valence-electron chi connectivity index (χ4n) is 4.05. The topological polar surface area (TPSA) is 62.7 Å². The summed E-state index contributed by atoms with van der Waals surface area (Å²) in [5, 5.41) is 0. The number of hydrogen-bond acceptors (Lipinski definition) is 4. The van der Waals surface area contributed by atoms with Crippen LogP contribution in [0.4, 0.5) is 0 Å². The number of likely N-dealkylation sites (tertiary alicyclic amines) is 1. The Morgan fingerprint density at radius 1 is 1.27 bits per heavy atom. The number of aromatic nitrogens is 1. The van der Waals surface area contributed by atoms with Crippen LogP contribution in [0.2, 0.25) is 0 Å². The Kier molecular flexibility index (Phi) is 6.61. The van der Waals surface area contributed by atoms with Crippen LogP contribution in [0.5, 0.6) is 0 Å². The van der Waals surface area contributed by atoms with Crippen molar-refractivity contribution in [2.45, 2.75) is 51.1 Å². The predicted octanol–water partition coefficient (Wildman–Crippen LogP) is 2.24. The lowest BCUT2D eigenvalue weighted by molar-refractivity contribution is -0.139. The van der Waals surface area contributed by atoms with E-state index in [0.717, 1.165) is 18.4 Å². The number of hydrogen-bond donors (Lipinski definition) is 0. The summed E-state index contributed by atoms with van der Waals surface area (Å²) in [6.45, 7) is 2.19. The molecule has 3 rings (SSSR count). The molecule has 2 amide bonds. The summed E-state index contributed by atoms with van der Waals surface area (Å²) in [6, 6.07) is 4.22. The highest BCUT2D eigenvalue weighted by Crippen LogP contribution is 2.28. The molecule has 0 spiro atoms. The van der Waals surface area contributed by atoms with Gasteiger partial charge < -0.3 is 14.5 Å². The number of nitrogens with zero attached hydrogens (tertiary/aromatic N) is 3. The van der Waals surface area contributed by atoms with Crippen LogP contribution in [0.15, 0.2) is 24.5 Å². The predicted molar refractivity (Wildman–Crippen MR) is 98.2 cm³/mol. The van der Waals surface area contributed by atoms with Crippen molar-refractivity contribution in [3.05, 3.63) is 30.1 Å². The van der Waals surface area contributed by atoms with Crippen LogP contribution in [-0.4, -0.2) is 59.4 Å². The van der Waals surface area contributed by atoms with Gasteiger partial charge in [0.1, 0.15) is 0 Å². The number of ether oxygens (including phenoxy) is 1. The zero-order valence-corrected chi connectivity index (χ0v) is 15.6. The first-order valence-electron chi connectivity index (χ1n) is 9.65. The lowest BCUT2D eigenvalue weighted by Gasteiger charge is -2.36. The molecular weight excluding hydrogens is 330 g/mol. The highest BCUT2D eigenvalue weighted by Gasteiger charge is 2.38. The van der Waals surface area contributed by atoms with Gasteiger partial charge in [0, 0.05) is 51.6 Å². The molecule has 1 aromatic heterocycles. The van der Waals surface area contributed by atoms with Crippen molar-refractivity contribution >= 4 is 11.8 Å². The molecule has 0 N–H and O–H groups in total. The third kappa shape index (κ3) is 4.61. The minimum Gasteiger partial charge on any atom is -0.383 e. The molecule has 1 saturated carbocycles. The zero-order valence-electron chi connectivity index (χ0n) is 15.6. The van der Waals surface area contributed by atoms with Gasteiger partial charge in [-0.15, -0.1) is 0 Å². The first-order chi connectivity index (χ1) is 12.7. The number of rotatable bonds is 7. The average Bonchev–Trinajstić information content (AvgIpc) is 3.06. The van der Waals surface area contributed by atoms with Crippen LogP contribution in [-0.2, 0) is 20.9 Å². The Labute approximate surface area is 155 Å². The fourth-order valence-corrected chi connectivity index (χ4v) is 4.05.